The Bertz CT molecular complexity index is 407. The number of nitrogens with zero attached hydrogens (tertiary/aromatic N) is 2. The third kappa shape index (κ3) is 2.92. The molecule has 2 N–H and O–H groups in total. The second-order valence-corrected chi connectivity index (χ2v) is 3.04. The molecular formula is C9H11N3O4. The summed E-state index contributed by atoms with van der Waals surface area (Å²) >= 11 is 0. The van der Waals surface area contributed by atoms with E-state index in [9.17, 15) is 20.1 Å². The molecule has 0 aliphatic carbocycles. The van der Waals surface area contributed by atoms with Gasteiger partial charge in [-0.05, 0) is 5.56 Å². The Morgan fingerprint density at radius 3 is 2.88 bits per heavy atom. The molecule has 0 heterocycles. The molecule has 0 fully saturated rings. The lowest BCUT2D eigenvalue weighted by atomic mass is 10.2. The SMILES string of the molecule is CNC(=O)N(O)Cc1cccc([N+](=O)[O-])c1. The van der Waals surface area contributed by atoms with Crippen LogP contribution in [0.3, 0.4) is 0 Å². The molecule has 0 saturated heterocycles. The van der Waals surface area contributed by atoms with E-state index < -0.39 is 11.0 Å². The lowest BCUT2D eigenvalue weighted by molar-refractivity contribution is -0.384. The summed E-state index contributed by atoms with van der Waals surface area (Å²) in [5.41, 5.74) is 0.392. The van der Waals surface area contributed by atoms with Gasteiger partial charge in [0.2, 0.25) is 0 Å². The standard InChI is InChI=1S/C9H11N3O4/c1-10-9(13)11(14)6-7-3-2-4-8(5-7)12(15)16/h2-5,14H,6H2,1H3,(H,10,13). The highest BCUT2D eigenvalue weighted by Crippen LogP contribution is 2.14. The van der Waals surface area contributed by atoms with Gasteiger partial charge in [0, 0.05) is 19.2 Å². The van der Waals surface area contributed by atoms with Crippen LogP contribution in [-0.4, -0.2) is 28.3 Å². The summed E-state index contributed by atoms with van der Waals surface area (Å²) < 4.78 is 0. The van der Waals surface area contributed by atoms with Gasteiger partial charge in [-0.3, -0.25) is 15.3 Å². The molecule has 0 spiro atoms. The van der Waals surface area contributed by atoms with Crippen LogP contribution in [0.5, 0.6) is 0 Å². The Morgan fingerprint density at radius 1 is 1.62 bits per heavy atom. The minimum Gasteiger partial charge on any atom is -0.339 e. The molecule has 0 aliphatic rings. The molecule has 1 aromatic rings. The van der Waals surface area contributed by atoms with Crippen molar-refractivity contribution >= 4 is 11.7 Å². The maximum Gasteiger partial charge on any atom is 0.341 e. The van der Waals surface area contributed by atoms with E-state index in [4.69, 9.17) is 0 Å². The van der Waals surface area contributed by atoms with Crippen LogP contribution in [-0.2, 0) is 6.54 Å². The maximum atomic E-state index is 11.0. The van der Waals surface area contributed by atoms with E-state index in [2.05, 4.69) is 5.32 Å². The van der Waals surface area contributed by atoms with E-state index in [1.165, 1.54) is 25.2 Å². The highest BCUT2D eigenvalue weighted by atomic mass is 16.6. The molecule has 0 aliphatic heterocycles. The van der Waals surface area contributed by atoms with Crippen LogP contribution < -0.4 is 5.32 Å². The highest BCUT2D eigenvalue weighted by molar-refractivity contribution is 5.72. The first-order chi connectivity index (χ1) is 7.54. The number of hydrogen-bond donors (Lipinski definition) is 2. The summed E-state index contributed by atoms with van der Waals surface area (Å²) in [6.07, 6.45) is 0. The first-order valence-corrected chi connectivity index (χ1v) is 4.46. The van der Waals surface area contributed by atoms with Crippen molar-refractivity contribution in [2.75, 3.05) is 7.05 Å². The molecule has 7 heteroatoms. The average Bonchev–Trinajstić information content (AvgIpc) is 2.28. The number of hydroxylamine groups is 2. The van der Waals surface area contributed by atoms with Crippen molar-refractivity contribution in [3.8, 4) is 0 Å². The van der Waals surface area contributed by atoms with E-state index in [0.717, 1.165) is 0 Å². The topological polar surface area (TPSA) is 95.7 Å². The largest absolute Gasteiger partial charge is 0.341 e. The predicted octanol–water partition coefficient (Wildman–Crippen LogP) is 1.13. The van der Waals surface area contributed by atoms with E-state index in [0.29, 0.717) is 10.6 Å². The number of urea groups is 1. The fraction of sp³-hybridized carbons (Fsp3) is 0.222. The molecule has 86 valence electrons. The Morgan fingerprint density at radius 2 is 2.31 bits per heavy atom. The van der Waals surface area contributed by atoms with Gasteiger partial charge in [0.15, 0.2) is 0 Å². The minimum absolute atomic E-state index is 0.0807. The highest BCUT2D eigenvalue weighted by Gasteiger charge is 2.11. The maximum absolute atomic E-state index is 11.0. The molecule has 0 radical (unpaired) electrons. The molecule has 0 aromatic heterocycles. The van der Waals surface area contributed by atoms with E-state index in [-0.39, 0.29) is 12.2 Å². The lowest BCUT2D eigenvalue weighted by Crippen LogP contribution is -2.34. The zero-order valence-corrected chi connectivity index (χ0v) is 8.58. The zero-order chi connectivity index (χ0) is 12.1. The first kappa shape index (κ1) is 11.9. The van der Waals surface area contributed by atoms with Crippen LogP contribution >= 0.6 is 0 Å². The number of amides is 2. The number of nitro benzene ring substituents is 1. The van der Waals surface area contributed by atoms with Gasteiger partial charge in [0.05, 0.1) is 11.5 Å². The van der Waals surface area contributed by atoms with Crippen molar-refractivity contribution in [2.45, 2.75) is 6.54 Å². The zero-order valence-electron chi connectivity index (χ0n) is 8.58. The summed E-state index contributed by atoms with van der Waals surface area (Å²) in [4.78, 5) is 20.9. The summed E-state index contributed by atoms with van der Waals surface area (Å²) in [7, 11) is 1.37. The van der Waals surface area contributed by atoms with Crippen molar-refractivity contribution in [3.63, 3.8) is 0 Å². The summed E-state index contributed by atoms with van der Waals surface area (Å²) in [6, 6.07) is 5.04. The van der Waals surface area contributed by atoms with Crippen molar-refractivity contribution in [1.82, 2.24) is 10.4 Å². The van der Waals surface area contributed by atoms with Crippen molar-refractivity contribution in [2.24, 2.45) is 0 Å². The van der Waals surface area contributed by atoms with Gasteiger partial charge >= 0.3 is 6.03 Å². The molecule has 7 nitrogen and oxygen atoms in total. The van der Waals surface area contributed by atoms with Gasteiger partial charge in [-0.2, -0.15) is 0 Å². The Hall–Kier alpha value is -2.15. The number of carbonyl (C=O) groups is 1. The van der Waals surface area contributed by atoms with Crippen LogP contribution in [0.2, 0.25) is 0 Å². The Kier molecular flexibility index (Phi) is 3.78. The molecule has 0 saturated carbocycles. The average molecular weight is 225 g/mol. The van der Waals surface area contributed by atoms with Gasteiger partial charge in [-0.15, -0.1) is 0 Å². The van der Waals surface area contributed by atoms with Gasteiger partial charge in [0.25, 0.3) is 5.69 Å². The number of nitro groups is 1. The Labute approximate surface area is 91.4 Å². The summed E-state index contributed by atoms with van der Waals surface area (Å²) in [5, 5.41) is 22.4. The van der Waals surface area contributed by atoms with Gasteiger partial charge in [-0.1, -0.05) is 12.1 Å². The second-order valence-electron chi connectivity index (χ2n) is 3.04. The molecular weight excluding hydrogens is 214 g/mol. The smallest absolute Gasteiger partial charge is 0.339 e. The third-order valence-electron chi connectivity index (χ3n) is 1.90. The monoisotopic (exact) mass is 225 g/mol. The summed E-state index contributed by atoms with van der Waals surface area (Å²) in [5.74, 6) is 0. The van der Waals surface area contributed by atoms with Crippen LogP contribution in [0.4, 0.5) is 10.5 Å². The second kappa shape index (κ2) is 5.08. The molecule has 0 atom stereocenters. The molecule has 0 unspecified atom stereocenters. The molecule has 16 heavy (non-hydrogen) atoms. The fourth-order valence-corrected chi connectivity index (χ4v) is 1.14. The number of non-ortho nitro benzene ring substituents is 1. The predicted molar refractivity (Wildman–Crippen MR) is 54.9 cm³/mol. The molecule has 2 amide bonds. The van der Waals surface area contributed by atoms with Crippen LogP contribution in [0, 0.1) is 10.1 Å². The molecule has 1 rings (SSSR count). The summed E-state index contributed by atoms with van der Waals surface area (Å²) in [6.45, 7) is -0.110. The van der Waals surface area contributed by atoms with Crippen LogP contribution in [0.15, 0.2) is 24.3 Å². The van der Waals surface area contributed by atoms with Gasteiger partial charge < -0.3 is 5.32 Å². The van der Waals surface area contributed by atoms with Crippen LogP contribution in [0.25, 0.3) is 0 Å². The van der Waals surface area contributed by atoms with Gasteiger partial charge in [0.1, 0.15) is 0 Å². The van der Waals surface area contributed by atoms with Crippen molar-refractivity contribution < 1.29 is 14.9 Å². The number of rotatable bonds is 3. The normalized spacial score (nSPS) is 9.62. The molecule has 1 aromatic carbocycles. The van der Waals surface area contributed by atoms with E-state index >= 15 is 0 Å². The Balaban J connectivity index is 2.78. The number of carbonyl (C=O) groups excluding carboxylic acids is 1. The van der Waals surface area contributed by atoms with Crippen molar-refractivity contribution in [1.29, 1.82) is 0 Å². The minimum atomic E-state index is -0.675. The number of hydrogen-bond acceptors (Lipinski definition) is 4. The molecule has 0 bridgehead atoms. The van der Waals surface area contributed by atoms with Crippen LogP contribution in [0.1, 0.15) is 5.56 Å². The van der Waals surface area contributed by atoms with E-state index in [1.54, 1.807) is 6.07 Å². The third-order valence-corrected chi connectivity index (χ3v) is 1.90. The quantitative estimate of drug-likeness (QED) is 0.457. The van der Waals surface area contributed by atoms with Crippen molar-refractivity contribution in [3.05, 3.63) is 39.9 Å². The number of nitrogens with one attached hydrogen (secondary N) is 1. The lowest BCUT2D eigenvalue weighted by Gasteiger charge is -2.13. The van der Waals surface area contributed by atoms with Gasteiger partial charge in [-0.25, -0.2) is 9.86 Å². The first-order valence-electron chi connectivity index (χ1n) is 4.46. The number of benzene rings is 1. The fourth-order valence-electron chi connectivity index (χ4n) is 1.14. The van der Waals surface area contributed by atoms with E-state index in [1.807, 2.05) is 0 Å².